The maximum absolute atomic E-state index is 13.1. The molecule has 0 aliphatic heterocycles. The second kappa shape index (κ2) is 8.12. The molecule has 0 saturated heterocycles. The van der Waals surface area contributed by atoms with Crippen LogP contribution in [-0.4, -0.2) is 27.6 Å². The molecule has 0 spiro atoms. The fourth-order valence-electron chi connectivity index (χ4n) is 4.24. The van der Waals surface area contributed by atoms with Crippen LogP contribution in [0, 0.1) is 0 Å². The number of hydrogen-bond acceptors (Lipinski definition) is 4. The Hall–Kier alpha value is -3.07. The Balaban J connectivity index is 1.21. The molecule has 1 aromatic carbocycles. The SMILES string of the molecule is O=C(NC1CCC(Nc2cccc3sc(C(F)(F)F)cc23)CC1)c1cc2ccccn2n1. The van der Waals surface area contributed by atoms with Crippen molar-refractivity contribution in [1.82, 2.24) is 14.9 Å². The number of amides is 1. The Kier molecular flexibility index (Phi) is 5.28. The Morgan fingerprint density at radius 2 is 1.81 bits per heavy atom. The second-order valence-electron chi connectivity index (χ2n) is 8.09. The molecule has 0 atom stereocenters. The van der Waals surface area contributed by atoms with E-state index in [2.05, 4.69) is 15.7 Å². The minimum absolute atomic E-state index is 0.0548. The van der Waals surface area contributed by atoms with Crippen LogP contribution < -0.4 is 10.6 Å². The molecule has 0 radical (unpaired) electrons. The van der Waals surface area contributed by atoms with Gasteiger partial charge in [-0.3, -0.25) is 4.79 Å². The lowest BCUT2D eigenvalue weighted by atomic mass is 9.90. The fraction of sp³-hybridized carbons (Fsp3) is 0.304. The summed E-state index contributed by atoms with van der Waals surface area (Å²) in [6.07, 6.45) is 0.701. The van der Waals surface area contributed by atoms with Crippen molar-refractivity contribution >= 4 is 38.5 Å². The molecule has 0 unspecified atom stereocenters. The minimum Gasteiger partial charge on any atom is -0.382 e. The van der Waals surface area contributed by atoms with Crippen molar-refractivity contribution in [1.29, 1.82) is 0 Å². The molecule has 3 heterocycles. The zero-order valence-corrected chi connectivity index (χ0v) is 17.8. The van der Waals surface area contributed by atoms with Gasteiger partial charge in [-0.25, -0.2) is 4.52 Å². The van der Waals surface area contributed by atoms with Crippen LogP contribution in [0.5, 0.6) is 0 Å². The first kappa shape index (κ1) is 20.8. The van der Waals surface area contributed by atoms with Crippen LogP contribution in [0.3, 0.4) is 0 Å². The third kappa shape index (κ3) is 4.17. The predicted molar refractivity (Wildman–Crippen MR) is 119 cm³/mol. The summed E-state index contributed by atoms with van der Waals surface area (Å²) in [5, 5.41) is 11.4. The highest BCUT2D eigenvalue weighted by atomic mass is 32.1. The molecule has 3 aromatic heterocycles. The van der Waals surface area contributed by atoms with Gasteiger partial charge >= 0.3 is 6.18 Å². The molecule has 0 bridgehead atoms. The van der Waals surface area contributed by atoms with Crippen LogP contribution in [0.1, 0.15) is 41.0 Å². The third-order valence-electron chi connectivity index (χ3n) is 5.87. The van der Waals surface area contributed by atoms with E-state index in [0.717, 1.165) is 48.2 Å². The highest BCUT2D eigenvalue weighted by Crippen LogP contribution is 2.40. The van der Waals surface area contributed by atoms with Gasteiger partial charge in [0.25, 0.3) is 5.91 Å². The molecule has 4 aromatic rings. The van der Waals surface area contributed by atoms with Gasteiger partial charge in [-0.2, -0.15) is 18.3 Å². The molecule has 9 heteroatoms. The summed E-state index contributed by atoms with van der Waals surface area (Å²) in [5.41, 5.74) is 1.98. The molecule has 1 amide bonds. The summed E-state index contributed by atoms with van der Waals surface area (Å²) in [6, 6.07) is 14.2. The molecular formula is C23H21F3N4OS. The third-order valence-corrected chi connectivity index (χ3v) is 7.01. The molecular weight excluding hydrogens is 437 g/mol. The first-order chi connectivity index (χ1) is 15.4. The number of rotatable bonds is 4. The molecule has 2 N–H and O–H groups in total. The van der Waals surface area contributed by atoms with E-state index < -0.39 is 11.1 Å². The normalized spacial score (nSPS) is 19.3. The lowest BCUT2D eigenvalue weighted by molar-refractivity contribution is -0.134. The van der Waals surface area contributed by atoms with E-state index in [9.17, 15) is 18.0 Å². The first-order valence-electron chi connectivity index (χ1n) is 10.5. The van der Waals surface area contributed by atoms with Gasteiger partial charge in [0, 0.05) is 34.1 Å². The maximum Gasteiger partial charge on any atom is 0.425 e. The maximum atomic E-state index is 13.1. The average molecular weight is 459 g/mol. The van der Waals surface area contributed by atoms with Gasteiger partial charge in [0.15, 0.2) is 5.69 Å². The summed E-state index contributed by atoms with van der Waals surface area (Å²) in [4.78, 5) is 12.0. The quantitative estimate of drug-likeness (QED) is 0.411. The van der Waals surface area contributed by atoms with Crippen molar-refractivity contribution in [3.8, 4) is 0 Å². The van der Waals surface area contributed by atoms with Gasteiger partial charge in [-0.1, -0.05) is 12.1 Å². The molecule has 166 valence electrons. The number of fused-ring (bicyclic) bond motifs is 2. The second-order valence-corrected chi connectivity index (χ2v) is 9.18. The lowest BCUT2D eigenvalue weighted by Gasteiger charge is -2.30. The summed E-state index contributed by atoms with van der Waals surface area (Å²) < 4.78 is 41.6. The van der Waals surface area contributed by atoms with Crippen LogP contribution >= 0.6 is 11.3 Å². The van der Waals surface area contributed by atoms with Crippen LogP contribution in [0.15, 0.2) is 54.7 Å². The van der Waals surface area contributed by atoms with E-state index in [1.54, 1.807) is 28.9 Å². The number of nitrogens with zero attached hydrogens (tertiary/aromatic N) is 2. The number of nitrogens with one attached hydrogen (secondary N) is 2. The summed E-state index contributed by atoms with van der Waals surface area (Å²) in [6.45, 7) is 0. The van der Waals surface area contributed by atoms with E-state index in [4.69, 9.17) is 0 Å². The lowest BCUT2D eigenvalue weighted by Crippen LogP contribution is -2.40. The highest BCUT2D eigenvalue weighted by molar-refractivity contribution is 7.19. The van der Waals surface area contributed by atoms with E-state index in [1.165, 1.54) is 6.07 Å². The van der Waals surface area contributed by atoms with Gasteiger partial charge in [-0.05, 0) is 62.1 Å². The molecule has 5 nitrogen and oxygen atoms in total. The Morgan fingerprint density at radius 1 is 1.03 bits per heavy atom. The van der Waals surface area contributed by atoms with Crippen molar-refractivity contribution in [2.75, 3.05) is 5.32 Å². The number of carbonyl (C=O) groups is 1. The zero-order valence-electron chi connectivity index (χ0n) is 17.0. The van der Waals surface area contributed by atoms with Crippen LogP contribution in [0.2, 0.25) is 0 Å². The van der Waals surface area contributed by atoms with Crippen LogP contribution in [-0.2, 0) is 6.18 Å². The first-order valence-corrected chi connectivity index (χ1v) is 11.3. The Bertz CT molecular complexity index is 1240. The number of anilines is 1. The number of halogens is 3. The molecule has 1 saturated carbocycles. The zero-order chi connectivity index (χ0) is 22.3. The standard InChI is InChI=1S/C23H21F3N4OS/c24-23(25,26)21-13-17-18(5-3-6-20(17)32-21)27-14-7-9-15(10-8-14)28-22(31)19-12-16-4-1-2-11-30(16)29-19/h1-6,11-15,27H,7-10H2,(H,28,31). The van der Waals surface area contributed by atoms with E-state index in [-0.39, 0.29) is 18.0 Å². The fourth-order valence-corrected chi connectivity index (χ4v) is 5.19. The Labute approximate surface area is 186 Å². The summed E-state index contributed by atoms with van der Waals surface area (Å²) in [5.74, 6) is -0.187. The average Bonchev–Trinajstić information content (AvgIpc) is 3.40. The van der Waals surface area contributed by atoms with Gasteiger partial charge < -0.3 is 10.6 Å². The number of pyridine rings is 1. The molecule has 5 rings (SSSR count). The predicted octanol–water partition coefficient (Wildman–Crippen LogP) is 5.72. The molecule has 1 aliphatic rings. The van der Waals surface area contributed by atoms with Crippen molar-refractivity contribution < 1.29 is 18.0 Å². The number of hydrogen-bond donors (Lipinski definition) is 2. The smallest absolute Gasteiger partial charge is 0.382 e. The van der Waals surface area contributed by atoms with Crippen molar-refractivity contribution in [2.24, 2.45) is 0 Å². The van der Waals surface area contributed by atoms with Crippen molar-refractivity contribution in [3.05, 3.63) is 65.3 Å². The van der Waals surface area contributed by atoms with Gasteiger partial charge in [0.05, 0.1) is 5.52 Å². The molecule has 1 fully saturated rings. The monoisotopic (exact) mass is 458 g/mol. The van der Waals surface area contributed by atoms with Gasteiger partial charge in [0.2, 0.25) is 0 Å². The van der Waals surface area contributed by atoms with E-state index in [1.807, 2.05) is 24.3 Å². The minimum atomic E-state index is -4.34. The number of thiophene rings is 1. The van der Waals surface area contributed by atoms with Gasteiger partial charge in [0.1, 0.15) is 4.88 Å². The highest BCUT2D eigenvalue weighted by Gasteiger charge is 2.33. The molecule has 32 heavy (non-hydrogen) atoms. The summed E-state index contributed by atoms with van der Waals surface area (Å²) in [7, 11) is 0. The largest absolute Gasteiger partial charge is 0.425 e. The van der Waals surface area contributed by atoms with Crippen molar-refractivity contribution in [3.63, 3.8) is 0 Å². The molecule has 1 aliphatic carbocycles. The van der Waals surface area contributed by atoms with E-state index in [0.29, 0.717) is 15.8 Å². The number of alkyl halides is 3. The van der Waals surface area contributed by atoms with E-state index >= 15 is 0 Å². The Morgan fingerprint density at radius 3 is 2.56 bits per heavy atom. The van der Waals surface area contributed by atoms with Crippen LogP contribution in [0.25, 0.3) is 15.6 Å². The van der Waals surface area contributed by atoms with Gasteiger partial charge in [-0.15, -0.1) is 11.3 Å². The topological polar surface area (TPSA) is 58.4 Å². The van der Waals surface area contributed by atoms with Crippen molar-refractivity contribution in [2.45, 2.75) is 43.9 Å². The number of benzene rings is 1. The number of carbonyl (C=O) groups excluding carboxylic acids is 1. The van der Waals surface area contributed by atoms with Crippen LogP contribution in [0.4, 0.5) is 18.9 Å². The number of aromatic nitrogens is 2. The summed E-state index contributed by atoms with van der Waals surface area (Å²) >= 11 is 0.767.